The van der Waals surface area contributed by atoms with Crippen molar-refractivity contribution < 1.29 is 9.53 Å². The Kier molecular flexibility index (Phi) is 4.47. The predicted octanol–water partition coefficient (Wildman–Crippen LogP) is 3.32. The van der Waals surface area contributed by atoms with Crippen LogP contribution in [0.2, 0.25) is 0 Å². The van der Waals surface area contributed by atoms with E-state index >= 15 is 0 Å². The molecule has 0 radical (unpaired) electrons. The molecule has 1 aromatic rings. The summed E-state index contributed by atoms with van der Waals surface area (Å²) in [5, 5.41) is 3.44. The molecule has 1 aliphatic heterocycles. The van der Waals surface area contributed by atoms with E-state index in [9.17, 15) is 4.79 Å². The molecule has 1 N–H and O–H groups in total. The molecule has 120 valence electrons. The van der Waals surface area contributed by atoms with Gasteiger partial charge >= 0.3 is 5.97 Å². The molecule has 0 amide bonds. The number of benzene rings is 1. The van der Waals surface area contributed by atoms with Crippen molar-refractivity contribution >= 4 is 18.4 Å². The number of rotatable bonds is 3. The fourth-order valence-corrected chi connectivity index (χ4v) is 4.90. The summed E-state index contributed by atoms with van der Waals surface area (Å²) in [6.45, 7) is 1.40. The third-order valence-corrected chi connectivity index (χ3v) is 5.92. The summed E-state index contributed by atoms with van der Waals surface area (Å²) >= 11 is 0. The molecular formula is C18H24ClNO2. The number of fused-ring (bicyclic) bond motifs is 3. The van der Waals surface area contributed by atoms with Crippen LogP contribution in [-0.2, 0) is 16.1 Å². The molecule has 22 heavy (non-hydrogen) atoms. The van der Waals surface area contributed by atoms with Crippen molar-refractivity contribution in [3.63, 3.8) is 0 Å². The highest BCUT2D eigenvalue weighted by atomic mass is 35.5. The first-order chi connectivity index (χ1) is 10.3. The number of hydrogen-bond acceptors (Lipinski definition) is 3. The van der Waals surface area contributed by atoms with Crippen molar-refractivity contribution in [3.8, 4) is 0 Å². The van der Waals surface area contributed by atoms with Crippen LogP contribution < -0.4 is 5.32 Å². The van der Waals surface area contributed by atoms with E-state index in [-0.39, 0.29) is 24.4 Å². The summed E-state index contributed by atoms with van der Waals surface area (Å²) in [6.07, 6.45) is 6.50. The van der Waals surface area contributed by atoms with Gasteiger partial charge < -0.3 is 10.1 Å². The van der Waals surface area contributed by atoms with Gasteiger partial charge in [-0.25, -0.2) is 0 Å². The fraction of sp³-hybridized carbons (Fsp3) is 0.611. The maximum atomic E-state index is 12.3. The van der Waals surface area contributed by atoms with Gasteiger partial charge in [0.05, 0.1) is 0 Å². The molecule has 4 heteroatoms. The highest BCUT2D eigenvalue weighted by Crippen LogP contribution is 2.59. The van der Waals surface area contributed by atoms with E-state index in [1.165, 1.54) is 25.7 Å². The van der Waals surface area contributed by atoms with Crippen LogP contribution >= 0.6 is 12.4 Å². The van der Waals surface area contributed by atoms with Crippen LogP contribution in [0.25, 0.3) is 0 Å². The van der Waals surface area contributed by atoms with E-state index < -0.39 is 0 Å². The molecule has 1 heterocycles. The molecule has 4 unspecified atom stereocenters. The topological polar surface area (TPSA) is 38.3 Å². The fourth-order valence-electron chi connectivity index (χ4n) is 4.90. The molecule has 0 aromatic heterocycles. The smallest absolute Gasteiger partial charge is 0.323 e. The van der Waals surface area contributed by atoms with Crippen LogP contribution in [0.5, 0.6) is 0 Å². The lowest BCUT2D eigenvalue weighted by molar-refractivity contribution is -0.147. The van der Waals surface area contributed by atoms with Gasteiger partial charge in [0, 0.05) is 6.54 Å². The average Bonchev–Trinajstić information content (AvgIpc) is 3.22. The standard InChI is InChI=1S/C18H23NO2.ClH/c20-17(21-11-13-4-2-1-3-5-13)16-10-18(12-19-16)9-14-6-7-15(18)8-14;/h1-5,14-16,19H,6-12H2;1H. The molecule has 2 saturated carbocycles. The number of esters is 1. The van der Waals surface area contributed by atoms with Gasteiger partial charge in [-0.3, -0.25) is 4.79 Å². The number of nitrogens with one attached hydrogen (secondary N) is 1. The minimum atomic E-state index is -0.0898. The number of carbonyl (C=O) groups excluding carboxylic acids is 1. The Morgan fingerprint density at radius 2 is 2.05 bits per heavy atom. The van der Waals surface area contributed by atoms with Crippen molar-refractivity contribution in [2.75, 3.05) is 6.54 Å². The quantitative estimate of drug-likeness (QED) is 0.868. The van der Waals surface area contributed by atoms with Crippen LogP contribution in [0, 0.1) is 17.3 Å². The van der Waals surface area contributed by atoms with E-state index in [0.29, 0.717) is 12.0 Å². The van der Waals surface area contributed by atoms with Crippen molar-refractivity contribution in [2.24, 2.45) is 17.3 Å². The van der Waals surface area contributed by atoms with Gasteiger partial charge in [0.15, 0.2) is 0 Å². The minimum Gasteiger partial charge on any atom is -0.460 e. The minimum absolute atomic E-state index is 0. The highest BCUT2D eigenvalue weighted by Gasteiger charge is 2.55. The maximum absolute atomic E-state index is 12.3. The Balaban J connectivity index is 0.00000144. The predicted molar refractivity (Wildman–Crippen MR) is 87.8 cm³/mol. The zero-order chi connectivity index (χ0) is 14.3. The van der Waals surface area contributed by atoms with Gasteiger partial charge in [0.25, 0.3) is 0 Å². The van der Waals surface area contributed by atoms with E-state index in [2.05, 4.69) is 5.32 Å². The summed E-state index contributed by atoms with van der Waals surface area (Å²) in [7, 11) is 0. The number of halogens is 1. The van der Waals surface area contributed by atoms with Crippen LogP contribution in [0.3, 0.4) is 0 Å². The van der Waals surface area contributed by atoms with Gasteiger partial charge in [-0.2, -0.15) is 0 Å². The average molecular weight is 322 g/mol. The lowest BCUT2D eigenvalue weighted by atomic mass is 9.72. The second-order valence-corrected chi connectivity index (χ2v) is 7.17. The number of carbonyl (C=O) groups is 1. The third kappa shape index (κ3) is 2.77. The van der Waals surface area contributed by atoms with Gasteiger partial charge in [-0.05, 0) is 48.5 Å². The maximum Gasteiger partial charge on any atom is 0.323 e. The monoisotopic (exact) mass is 321 g/mol. The second kappa shape index (κ2) is 6.21. The van der Waals surface area contributed by atoms with Gasteiger partial charge in [-0.1, -0.05) is 36.8 Å². The van der Waals surface area contributed by atoms with Crippen LogP contribution in [0.15, 0.2) is 30.3 Å². The summed E-state index contributed by atoms with van der Waals surface area (Å²) < 4.78 is 5.49. The summed E-state index contributed by atoms with van der Waals surface area (Å²) in [5.74, 6) is 1.70. The van der Waals surface area contributed by atoms with Gasteiger partial charge in [0.1, 0.15) is 12.6 Å². The van der Waals surface area contributed by atoms with Crippen molar-refractivity contribution in [3.05, 3.63) is 35.9 Å². The first kappa shape index (κ1) is 15.8. The van der Waals surface area contributed by atoms with Crippen molar-refractivity contribution in [1.29, 1.82) is 0 Å². The Labute approximate surface area is 138 Å². The van der Waals surface area contributed by atoms with Crippen LogP contribution in [0.1, 0.15) is 37.7 Å². The van der Waals surface area contributed by atoms with Crippen LogP contribution in [0.4, 0.5) is 0 Å². The molecular weight excluding hydrogens is 298 g/mol. The third-order valence-electron chi connectivity index (χ3n) is 5.92. The molecule has 1 spiro atoms. The van der Waals surface area contributed by atoms with Crippen molar-refractivity contribution in [2.45, 2.75) is 44.8 Å². The Hall–Kier alpha value is -1.06. The number of ether oxygens (including phenoxy) is 1. The largest absolute Gasteiger partial charge is 0.460 e. The molecule has 3 aliphatic rings. The van der Waals surface area contributed by atoms with Gasteiger partial charge in [-0.15, -0.1) is 12.4 Å². The first-order valence-corrected chi connectivity index (χ1v) is 8.19. The zero-order valence-electron chi connectivity index (χ0n) is 12.8. The summed E-state index contributed by atoms with van der Waals surface area (Å²) in [5.41, 5.74) is 1.46. The molecule has 3 nitrogen and oxygen atoms in total. The Morgan fingerprint density at radius 3 is 2.73 bits per heavy atom. The molecule has 2 aliphatic carbocycles. The lowest BCUT2D eigenvalue weighted by Crippen LogP contribution is -2.32. The summed E-state index contributed by atoms with van der Waals surface area (Å²) in [6, 6.07) is 9.82. The zero-order valence-corrected chi connectivity index (χ0v) is 13.6. The van der Waals surface area contributed by atoms with Crippen molar-refractivity contribution in [1.82, 2.24) is 5.32 Å². The molecule has 2 bridgehead atoms. The molecule has 1 aromatic carbocycles. The first-order valence-electron chi connectivity index (χ1n) is 8.19. The molecule has 4 rings (SSSR count). The summed E-state index contributed by atoms with van der Waals surface area (Å²) in [4.78, 5) is 12.3. The van der Waals surface area contributed by atoms with Gasteiger partial charge in [0.2, 0.25) is 0 Å². The van der Waals surface area contributed by atoms with E-state index in [1.54, 1.807) is 0 Å². The SMILES string of the molecule is Cl.O=C(OCc1ccccc1)C1CC2(CN1)CC1CCC2C1. The van der Waals surface area contributed by atoms with E-state index in [1.807, 2.05) is 30.3 Å². The lowest BCUT2D eigenvalue weighted by Gasteiger charge is -2.32. The highest BCUT2D eigenvalue weighted by molar-refractivity contribution is 5.85. The van der Waals surface area contributed by atoms with E-state index in [4.69, 9.17) is 4.74 Å². The number of hydrogen-bond donors (Lipinski definition) is 1. The molecule has 3 fully saturated rings. The van der Waals surface area contributed by atoms with Crippen LogP contribution in [-0.4, -0.2) is 18.6 Å². The Bertz CT molecular complexity index is 535. The Morgan fingerprint density at radius 1 is 1.23 bits per heavy atom. The normalized spacial score (nSPS) is 35.5. The second-order valence-electron chi connectivity index (χ2n) is 7.17. The van der Waals surface area contributed by atoms with E-state index in [0.717, 1.165) is 30.4 Å². The molecule has 1 saturated heterocycles. The molecule has 4 atom stereocenters.